The Hall–Kier alpha value is -0.380. The summed E-state index contributed by atoms with van der Waals surface area (Å²) in [6, 6.07) is 6.52. The fourth-order valence-corrected chi connectivity index (χ4v) is 2.95. The van der Waals surface area contributed by atoms with Crippen molar-refractivity contribution in [3.8, 4) is 0 Å². The minimum atomic E-state index is 1.15. The van der Waals surface area contributed by atoms with Gasteiger partial charge in [-0.05, 0) is 63.0 Å². The van der Waals surface area contributed by atoms with Gasteiger partial charge in [0.1, 0.15) is 0 Å². The minimum Gasteiger partial charge on any atom is -0.315 e. The van der Waals surface area contributed by atoms with Crippen LogP contribution in [0.1, 0.15) is 24.0 Å². The van der Waals surface area contributed by atoms with Crippen LogP contribution in [0.3, 0.4) is 0 Å². The van der Waals surface area contributed by atoms with E-state index in [-0.39, 0.29) is 0 Å². The minimum absolute atomic E-state index is 1.15. The standard InChI is InChI=1S/C15H23BrN2/c1-13-14(5-2-7-15(13)16)6-3-10-18-11-4-8-17-9-12-18/h2,5,7,17H,3-4,6,8-12H2,1H3. The summed E-state index contributed by atoms with van der Waals surface area (Å²) in [6.45, 7) is 8.22. The van der Waals surface area contributed by atoms with Crippen LogP contribution in [-0.4, -0.2) is 37.6 Å². The summed E-state index contributed by atoms with van der Waals surface area (Å²) in [5, 5.41) is 3.45. The average molecular weight is 311 g/mol. The highest BCUT2D eigenvalue weighted by Crippen LogP contribution is 2.20. The highest BCUT2D eigenvalue weighted by Gasteiger charge is 2.08. The third-order valence-electron chi connectivity index (χ3n) is 3.73. The van der Waals surface area contributed by atoms with Crippen LogP contribution in [0.25, 0.3) is 0 Å². The molecule has 2 rings (SSSR count). The first-order chi connectivity index (χ1) is 8.77. The SMILES string of the molecule is Cc1c(Br)cccc1CCCN1CCCNCC1. The van der Waals surface area contributed by atoms with Gasteiger partial charge in [0.25, 0.3) is 0 Å². The molecule has 2 nitrogen and oxygen atoms in total. The van der Waals surface area contributed by atoms with E-state index in [0.717, 1.165) is 6.54 Å². The van der Waals surface area contributed by atoms with Gasteiger partial charge in [0.15, 0.2) is 0 Å². The lowest BCUT2D eigenvalue weighted by Crippen LogP contribution is -2.29. The lowest BCUT2D eigenvalue weighted by molar-refractivity contribution is 0.289. The molecule has 1 aromatic rings. The first kappa shape index (κ1) is 14.0. The Morgan fingerprint density at radius 1 is 1.28 bits per heavy atom. The summed E-state index contributed by atoms with van der Waals surface area (Å²) in [5.41, 5.74) is 2.88. The van der Waals surface area contributed by atoms with Gasteiger partial charge in [0.05, 0.1) is 0 Å². The number of rotatable bonds is 4. The molecule has 0 atom stereocenters. The quantitative estimate of drug-likeness (QED) is 0.919. The van der Waals surface area contributed by atoms with Crippen LogP contribution in [0.2, 0.25) is 0 Å². The summed E-state index contributed by atoms with van der Waals surface area (Å²) in [7, 11) is 0. The topological polar surface area (TPSA) is 15.3 Å². The van der Waals surface area contributed by atoms with E-state index in [1.807, 2.05) is 0 Å². The second-order valence-electron chi connectivity index (χ2n) is 5.07. The molecule has 0 saturated carbocycles. The van der Waals surface area contributed by atoms with Crippen LogP contribution in [0, 0.1) is 6.92 Å². The summed E-state index contributed by atoms with van der Waals surface area (Å²) < 4.78 is 1.24. The Bertz CT molecular complexity index is 371. The summed E-state index contributed by atoms with van der Waals surface area (Å²) >= 11 is 3.61. The molecule has 1 saturated heterocycles. The maximum Gasteiger partial charge on any atom is 0.0207 e. The molecule has 0 radical (unpaired) electrons. The number of aryl methyl sites for hydroxylation is 1. The lowest BCUT2D eigenvalue weighted by atomic mass is 10.0. The van der Waals surface area contributed by atoms with Gasteiger partial charge in [-0.15, -0.1) is 0 Å². The molecule has 0 bridgehead atoms. The number of hydrogen-bond acceptors (Lipinski definition) is 2. The van der Waals surface area contributed by atoms with Crippen LogP contribution in [0.5, 0.6) is 0 Å². The Kier molecular flexibility index (Phi) is 5.67. The van der Waals surface area contributed by atoms with E-state index in [1.165, 1.54) is 61.0 Å². The summed E-state index contributed by atoms with van der Waals surface area (Å²) in [6.07, 6.45) is 3.74. The van der Waals surface area contributed by atoms with E-state index in [9.17, 15) is 0 Å². The molecule has 0 spiro atoms. The van der Waals surface area contributed by atoms with Gasteiger partial charge in [-0.3, -0.25) is 0 Å². The third-order valence-corrected chi connectivity index (χ3v) is 4.59. The molecule has 3 heteroatoms. The second-order valence-corrected chi connectivity index (χ2v) is 5.93. The van der Waals surface area contributed by atoms with Crippen molar-refractivity contribution in [3.05, 3.63) is 33.8 Å². The molecule has 0 aromatic heterocycles. The number of benzene rings is 1. The molecule has 100 valence electrons. The van der Waals surface area contributed by atoms with Crippen molar-refractivity contribution in [1.29, 1.82) is 0 Å². The average Bonchev–Trinajstić information content (AvgIpc) is 2.63. The molecule has 0 amide bonds. The van der Waals surface area contributed by atoms with E-state index in [0.29, 0.717) is 0 Å². The zero-order valence-corrected chi connectivity index (χ0v) is 12.8. The highest BCUT2D eigenvalue weighted by molar-refractivity contribution is 9.10. The number of nitrogens with zero attached hydrogens (tertiary/aromatic N) is 1. The lowest BCUT2D eigenvalue weighted by Gasteiger charge is -2.19. The summed E-state index contributed by atoms with van der Waals surface area (Å²) in [5.74, 6) is 0. The molecule has 1 N–H and O–H groups in total. The fraction of sp³-hybridized carbons (Fsp3) is 0.600. The normalized spacial score (nSPS) is 17.7. The van der Waals surface area contributed by atoms with E-state index >= 15 is 0 Å². The second kappa shape index (κ2) is 7.27. The molecule has 1 aromatic carbocycles. The van der Waals surface area contributed by atoms with Crippen molar-refractivity contribution >= 4 is 15.9 Å². The fourth-order valence-electron chi connectivity index (χ4n) is 2.54. The van der Waals surface area contributed by atoms with Crippen LogP contribution >= 0.6 is 15.9 Å². The number of nitrogens with one attached hydrogen (secondary N) is 1. The van der Waals surface area contributed by atoms with Gasteiger partial charge in [-0.25, -0.2) is 0 Å². The highest BCUT2D eigenvalue weighted by atomic mass is 79.9. The number of halogens is 1. The molecule has 1 fully saturated rings. The predicted molar refractivity (Wildman–Crippen MR) is 81.1 cm³/mol. The van der Waals surface area contributed by atoms with Gasteiger partial charge < -0.3 is 10.2 Å². The first-order valence-electron chi connectivity index (χ1n) is 6.94. The van der Waals surface area contributed by atoms with Crippen molar-refractivity contribution in [3.63, 3.8) is 0 Å². The Morgan fingerprint density at radius 2 is 2.17 bits per heavy atom. The molecule has 0 unspecified atom stereocenters. The predicted octanol–water partition coefficient (Wildman–Crippen LogP) is 2.99. The molecule has 1 heterocycles. The van der Waals surface area contributed by atoms with Gasteiger partial charge in [-0.1, -0.05) is 28.1 Å². The zero-order chi connectivity index (χ0) is 12.8. The van der Waals surface area contributed by atoms with E-state index in [1.54, 1.807) is 0 Å². The molecule has 18 heavy (non-hydrogen) atoms. The van der Waals surface area contributed by atoms with Crippen molar-refractivity contribution < 1.29 is 0 Å². The zero-order valence-electron chi connectivity index (χ0n) is 11.2. The molecular formula is C15H23BrN2. The maximum absolute atomic E-state index is 3.61. The van der Waals surface area contributed by atoms with E-state index < -0.39 is 0 Å². The van der Waals surface area contributed by atoms with Crippen LogP contribution < -0.4 is 5.32 Å². The first-order valence-corrected chi connectivity index (χ1v) is 7.74. The van der Waals surface area contributed by atoms with Crippen molar-refractivity contribution in [2.24, 2.45) is 0 Å². The maximum atomic E-state index is 3.61. The number of hydrogen-bond donors (Lipinski definition) is 1. The van der Waals surface area contributed by atoms with Crippen molar-refractivity contribution in [2.75, 3.05) is 32.7 Å². The molecular weight excluding hydrogens is 288 g/mol. The monoisotopic (exact) mass is 310 g/mol. The van der Waals surface area contributed by atoms with E-state index in [2.05, 4.69) is 51.3 Å². The van der Waals surface area contributed by atoms with E-state index in [4.69, 9.17) is 0 Å². The Morgan fingerprint density at radius 3 is 3.06 bits per heavy atom. The molecule has 1 aliphatic rings. The van der Waals surface area contributed by atoms with Gasteiger partial charge in [0, 0.05) is 17.6 Å². The third kappa shape index (κ3) is 4.08. The van der Waals surface area contributed by atoms with Crippen molar-refractivity contribution in [1.82, 2.24) is 10.2 Å². The smallest absolute Gasteiger partial charge is 0.0207 e. The summed E-state index contributed by atoms with van der Waals surface area (Å²) in [4.78, 5) is 2.59. The van der Waals surface area contributed by atoms with Gasteiger partial charge in [-0.2, -0.15) is 0 Å². The van der Waals surface area contributed by atoms with Gasteiger partial charge in [0.2, 0.25) is 0 Å². The van der Waals surface area contributed by atoms with Crippen LogP contribution in [0.15, 0.2) is 22.7 Å². The van der Waals surface area contributed by atoms with Crippen LogP contribution in [-0.2, 0) is 6.42 Å². The molecule has 0 aliphatic carbocycles. The van der Waals surface area contributed by atoms with Crippen molar-refractivity contribution in [2.45, 2.75) is 26.2 Å². The Balaban J connectivity index is 1.79. The van der Waals surface area contributed by atoms with Crippen LogP contribution in [0.4, 0.5) is 0 Å². The van der Waals surface area contributed by atoms with Gasteiger partial charge >= 0.3 is 0 Å². The largest absolute Gasteiger partial charge is 0.315 e. The molecule has 1 aliphatic heterocycles. The Labute approximate surface area is 119 Å².